The molecule has 0 saturated carbocycles. The van der Waals surface area contributed by atoms with Crippen molar-refractivity contribution >= 4 is 16.0 Å². The van der Waals surface area contributed by atoms with Crippen molar-refractivity contribution < 1.29 is 21.9 Å². The largest absolute Gasteiger partial charge is 0.434 e. The highest BCUT2D eigenvalue weighted by atomic mass is 32.2. The molecule has 0 atom stereocenters. The number of hydrogen-bond acceptors (Lipinski definition) is 4. The smallest absolute Gasteiger partial charge is 0.387 e. The maximum absolute atomic E-state index is 12.5. The van der Waals surface area contributed by atoms with Gasteiger partial charge in [-0.25, -0.2) is 13.6 Å². The van der Waals surface area contributed by atoms with Crippen LogP contribution in [-0.4, -0.2) is 34.6 Å². The molecule has 0 amide bonds. The van der Waals surface area contributed by atoms with Crippen LogP contribution in [0.25, 0.3) is 0 Å². The Kier molecular flexibility index (Phi) is 7.70. The number of guanidine groups is 1. The molecular formula is C18H22F2N4O3S. The fourth-order valence-electron chi connectivity index (χ4n) is 2.43. The van der Waals surface area contributed by atoms with Gasteiger partial charge in [0.2, 0.25) is 10.0 Å². The Morgan fingerprint density at radius 2 is 1.82 bits per heavy atom. The van der Waals surface area contributed by atoms with Crippen molar-refractivity contribution in [2.24, 2.45) is 10.1 Å². The van der Waals surface area contributed by atoms with Gasteiger partial charge in [-0.15, -0.1) is 0 Å². The predicted molar refractivity (Wildman–Crippen MR) is 103 cm³/mol. The van der Waals surface area contributed by atoms with Crippen molar-refractivity contribution in [3.63, 3.8) is 0 Å². The first kappa shape index (κ1) is 21.6. The first-order valence-electron chi connectivity index (χ1n) is 8.38. The van der Waals surface area contributed by atoms with E-state index in [4.69, 9.17) is 5.14 Å². The van der Waals surface area contributed by atoms with Crippen LogP contribution in [-0.2, 0) is 23.0 Å². The van der Waals surface area contributed by atoms with Crippen LogP contribution in [0.1, 0.15) is 11.1 Å². The normalized spacial score (nSPS) is 12.1. The number of ether oxygens (including phenoxy) is 1. The zero-order valence-corrected chi connectivity index (χ0v) is 16.0. The molecule has 0 aliphatic heterocycles. The van der Waals surface area contributed by atoms with Gasteiger partial charge >= 0.3 is 6.61 Å². The first-order valence-corrected chi connectivity index (χ1v) is 9.93. The highest BCUT2D eigenvalue weighted by molar-refractivity contribution is 7.89. The van der Waals surface area contributed by atoms with E-state index >= 15 is 0 Å². The van der Waals surface area contributed by atoms with Gasteiger partial charge in [0.1, 0.15) is 5.75 Å². The minimum Gasteiger partial charge on any atom is -0.434 e. The van der Waals surface area contributed by atoms with E-state index in [1.54, 1.807) is 37.4 Å². The summed E-state index contributed by atoms with van der Waals surface area (Å²) < 4.78 is 51.9. The summed E-state index contributed by atoms with van der Waals surface area (Å²) in [4.78, 5) is 4.14. The molecule has 0 unspecified atom stereocenters. The van der Waals surface area contributed by atoms with E-state index in [9.17, 15) is 17.2 Å². The molecule has 0 aliphatic carbocycles. The van der Waals surface area contributed by atoms with Gasteiger partial charge in [-0.2, -0.15) is 8.78 Å². The Hall–Kier alpha value is -2.72. The molecule has 0 radical (unpaired) electrons. The van der Waals surface area contributed by atoms with E-state index in [0.29, 0.717) is 24.5 Å². The lowest BCUT2D eigenvalue weighted by atomic mass is 10.1. The van der Waals surface area contributed by atoms with E-state index in [0.717, 1.165) is 5.56 Å². The highest BCUT2D eigenvalue weighted by Crippen LogP contribution is 2.19. The zero-order valence-electron chi connectivity index (χ0n) is 15.2. The second kappa shape index (κ2) is 10.00. The third kappa shape index (κ3) is 6.78. The molecule has 0 heterocycles. The minimum atomic E-state index is -3.70. The third-order valence-electron chi connectivity index (χ3n) is 3.82. The van der Waals surface area contributed by atoms with E-state index in [1.165, 1.54) is 18.2 Å². The Balaban J connectivity index is 1.85. The Bertz CT molecular complexity index is 903. The van der Waals surface area contributed by atoms with Gasteiger partial charge in [0.15, 0.2) is 5.96 Å². The predicted octanol–water partition coefficient (Wildman–Crippen LogP) is 1.84. The average molecular weight is 412 g/mol. The highest BCUT2D eigenvalue weighted by Gasteiger charge is 2.10. The molecule has 28 heavy (non-hydrogen) atoms. The molecule has 10 heteroatoms. The molecule has 4 N–H and O–H groups in total. The molecular weight excluding hydrogens is 390 g/mol. The monoisotopic (exact) mass is 412 g/mol. The molecule has 0 spiro atoms. The van der Waals surface area contributed by atoms with Crippen LogP contribution in [0.2, 0.25) is 0 Å². The van der Waals surface area contributed by atoms with Crippen LogP contribution in [0, 0.1) is 0 Å². The summed E-state index contributed by atoms with van der Waals surface area (Å²) >= 11 is 0. The van der Waals surface area contributed by atoms with Crippen LogP contribution in [0.4, 0.5) is 8.78 Å². The van der Waals surface area contributed by atoms with Crippen LogP contribution in [0.15, 0.2) is 58.4 Å². The van der Waals surface area contributed by atoms with Gasteiger partial charge in [-0.3, -0.25) is 4.99 Å². The maximum Gasteiger partial charge on any atom is 0.387 e. The number of nitrogens with two attached hydrogens (primary N) is 1. The Morgan fingerprint density at radius 1 is 1.14 bits per heavy atom. The fraction of sp³-hybridized carbons (Fsp3) is 0.278. The Morgan fingerprint density at radius 3 is 2.43 bits per heavy atom. The number of nitrogens with one attached hydrogen (secondary N) is 2. The van der Waals surface area contributed by atoms with E-state index in [1.807, 2.05) is 0 Å². The van der Waals surface area contributed by atoms with Crippen molar-refractivity contribution in [3.8, 4) is 5.75 Å². The minimum absolute atomic E-state index is 0.0615. The number of alkyl halides is 2. The van der Waals surface area contributed by atoms with E-state index in [-0.39, 0.29) is 17.2 Å². The number of hydrogen-bond donors (Lipinski definition) is 3. The molecule has 0 fully saturated rings. The van der Waals surface area contributed by atoms with Crippen LogP contribution < -0.4 is 20.5 Å². The lowest BCUT2D eigenvalue weighted by molar-refractivity contribution is -0.0504. The molecule has 2 rings (SSSR count). The summed E-state index contributed by atoms with van der Waals surface area (Å²) in [5.74, 6) is 0.600. The first-order chi connectivity index (χ1) is 13.3. The summed E-state index contributed by atoms with van der Waals surface area (Å²) in [7, 11) is -2.11. The average Bonchev–Trinajstić information content (AvgIpc) is 2.65. The van der Waals surface area contributed by atoms with Crippen molar-refractivity contribution in [1.29, 1.82) is 0 Å². The van der Waals surface area contributed by atoms with E-state index in [2.05, 4.69) is 20.4 Å². The molecule has 7 nitrogen and oxygen atoms in total. The second-order valence-electron chi connectivity index (χ2n) is 5.78. The number of aliphatic imine (C=N–C) groups is 1. The number of halogens is 2. The topological polar surface area (TPSA) is 106 Å². The molecule has 2 aromatic carbocycles. The zero-order chi connectivity index (χ0) is 20.6. The quantitative estimate of drug-likeness (QED) is 0.453. The van der Waals surface area contributed by atoms with Crippen molar-refractivity contribution in [2.45, 2.75) is 24.5 Å². The van der Waals surface area contributed by atoms with Crippen molar-refractivity contribution in [3.05, 3.63) is 59.7 Å². The van der Waals surface area contributed by atoms with Gasteiger partial charge in [0.25, 0.3) is 0 Å². The standard InChI is InChI=1S/C18H22F2N4O3S/c1-22-18(24-12-14-4-2-3-5-16(14)27-17(19)20)23-11-10-13-6-8-15(9-7-13)28(21,25)26/h2-9,17H,10-12H2,1H3,(H2,21,25,26)(H2,22,23,24). The number of nitrogens with zero attached hydrogens (tertiary/aromatic N) is 1. The lowest BCUT2D eigenvalue weighted by Gasteiger charge is -2.14. The maximum atomic E-state index is 12.5. The number of sulfonamides is 1. The van der Waals surface area contributed by atoms with Gasteiger partial charge in [0, 0.05) is 25.7 Å². The second-order valence-corrected chi connectivity index (χ2v) is 7.34. The summed E-state index contributed by atoms with van der Waals surface area (Å²) in [6, 6.07) is 12.8. The van der Waals surface area contributed by atoms with Gasteiger partial charge in [0.05, 0.1) is 4.90 Å². The molecule has 0 saturated heterocycles. The third-order valence-corrected chi connectivity index (χ3v) is 4.75. The molecule has 152 valence electrons. The summed E-state index contributed by atoms with van der Waals surface area (Å²) in [6.07, 6.45) is 0.622. The Labute approximate surface area is 162 Å². The number of primary sulfonamides is 1. The number of para-hydroxylation sites is 1. The van der Waals surface area contributed by atoms with Gasteiger partial charge in [-0.1, -0.05) is 30.3 Å². The number of rotatable bonds is 8. The number of benzene rings is 2. The van der Waals surface area contributed by atoms with Gasteiger partial charge < -0.3 is 15.4 Å². The van der Waals surface area contributed by atoms with E-state index < -0.39 is 16.6 Å². The van der Waals surface area contributed by atoms with Crippen molar-refractivity contribution in [1.82, 2.24) is 10.6 Å². The summed E-state index contributed by atoms with van der Waals surface area (Å²) in [5, 5.41) is 11.2. The molecule has 0 aliphatic rings. The summed E-state index contributed by atoms with van der Waals surface area (Å²) in [5.41, 5.74) is 1.50. The van der Waals surface area contributed by atoms with Crippen LogP contribution >= 0.6 is 0 Å². The van der Waals surface area contributed by atoms with Crippen molar-refractivity contribution in [2.75, 3.05) is 13.6 Å². The fourth-order valence-corrected chi connectivity index (χ4v) is 2.95. The lowest BCUT2D eigenvalue weighted by Crippen LogP contribution is -2.38. The molecule has 2 aromatic rings. The SMILES string of the molecule is CN=C(NCCc1ccc(S(N)(=O)=O)cc1)NCc1ccccc1OC(F)F. The van der Waals surface area contributed by atoms with Gasteiger partial charge in [-0.05, 0) is 30.2 Å². The summed E-state index contributed by atoms with van der Waals surface area (Å²) in [6.45, 7) is -2.10. The van der Waals surface area contributed by atoms with Crippen LogP contribution in [0.3, 0.4) is 0 Å². The molecule has 0 aromatic heterocycles. The van der Waals surface area contributed by atoms with Crippen LogP contribution in [0.5, 0.6) is 5.75 Å². The molecule has 0 bridgehead atoms.